The molecule has 3 aromatic rings. The van der Waals surface area contributed by atoms with Gasteiger partial charge in [-0.05, 0) is 42.0 Å². The zero-order valence-corrected chi connectivity index (χ0v) is 15.5. The van der Waals surface area contributed by atoms with Crippen LogP contribution in [0.4, 0.5) is 15.6 Å². The minimum atomic E-state index is -0.373. The molecule has 0 bridgehead atoms. The fraction of sp³-hybridized carbons (Fsp3) is 0.0625. The van der Waals surface area contributed by atoms with E-state index in [1.54, 1.807) is 24.3 Å². The molecule has 3 rings (SSSR count). The van der Waals surface area contributed by atoms with E-state index in [4.69, 9.17) is 11.6 Å². The fourth-order valence-electron chi connectivity index (χ4n) is 1.99. The summed E-state index contributed by atoms with van der Waals surface area (Å²) in [6, 6.07) is 14.5. The van der Waals surface area contributed by atoms with Crippen molar-refractivity contribution < 1.29 is 4.79 Å². The Morgan fingerprint density at radius 2 is 1.92 bits per heavy atom. The highest BCUT2D eigenvalue weighted by atomic mass is 79.9. The van der Waals surface area contributed by atoms with Crippen molar-refractivity contribution in [3.8, 4) is 0 Å². The third kappa shape index (κ3) is 4.77. The van der Waals surface area contributed by atoms with E-state index < -0.39 is 0 Å². The molecule has 2 N–H and O–H groups in total. The number of halogens is 2. The van der Waals surface area contributed by atoms with Crippen LogP contribution >= 0.6 is 38.9 Å². The van der Waals surface area contributed by atoms with Crippen LogP contribution in [0.3, 0.4) is 0 Å². The molecule has 0 aliphatic heterocycles. The average Bonchev–Trinajstić information content (AvgIpc) is 2.96. The minimum absolute atomic E-state index is 0.373. The van der Waals surface area contributed by atoms with Crippen molar-refractivity contribution in [1.82, 2.24) is 10.2 Å². The van der Waals surface area contributed by atoms with Crippen LogP contribution in [0, 0.1) is 0 Å². The van der Waals surface area contributed by atoms with Gasteiger partial charge in [0.05, 0.1) is 0 Å². The molecule has 24 heavy (non-hydrogen) atoms. The molecule has 0 unspecified atom stereocenters. The number of hydrogen-bond acceptors (Lipinski definition) is 4. The van der Waals surface area contributed by atoms with Crippen LogP contribution in [0.25, 0.3) is 0 Å². The number of anilines is 2. The Kier molecular flexibility index (Phi) is 5.44. The molecular weight excluding hydrogens is 412 g/mol. The van der Waals surface area contributed by atoms with E-state index in [1.807, 2.05) is 24.3 Å². The molecule has 8 heteroatoms. The summed E-state index contributed by atoms with van der Waals surface area (Å²) in [5.41, 5.74) is 1.77. The number of amides is 2. The largest absolute Gasteiger partial charge is 0.325 e. The average molecular weight is 424 g/mol. The molecule has 0 aliphatic carbocycles. The lowest BCUT2D eigenvalue weighted by Crippen LogP contribution is -2.19. The first-order valence-electron chi connectivity index (χ1n) is 6.99. The summed E-state index contributed by atoms with van der Waals surface area (Å²) < 4.78 is 1.02. The van der Waals surface area contributed by atoms with Crippen LogP contribution in [0.1, 0.15) is 10.6 Å². The number of rotatable bonds is 4. The van der Waals surface area contributed by atoms with E-state index in [9.17, 15) is 4.79 Å². The molecule has 2 aromatic carbocycles. The number of urea groups is 1. The zero-order valence-electron chi connectivity index (χ0n) is 12.3. The van der Waals surface area contributed by atoms with E-state index in [-0.39, 0.29) is 6.03 Å². The highest BCUT2D eigenvalue weighted by molar-refractivity contribution is 9.10. The van der Waals surface area contributed by atoms with Crippen molar-refractivity contribution in [1.29, 1.82) is 0 Å². The summed E-state index contributed by atoms with van der Waals surface area (Å²) >= 11 is 10.6. The van der Waals surface area contributed by atoms with Gasteiger partial charge in [-0.1, -0.05) is 51.0 Å². The van der Waals surface area contributed by atoms with Gasteiger partial charge in [0.25, 0.3) is 0 Å². The molecule has 122 valence electrons. The molecule has 0 fully saturated rings. The van der Waals surface area contributed by atoms with Crippen molar-refractivity contribution in [2.75, 3.05) is 10.6 Å². The summed E-state index contributed by atoms with van der Waals surface area (Å²) in [5.74, 6) is 0. The summed E-state index contributed by atoms with van der Waals surface area (Å²) in [6.07, 6.45) is 0.664. The van der Waals surface area contributed by atoms with E-state index in [1.165, 1.54) is 11.3 Å². The Hall–Kier alpha value is -1.96. The minimum Gasteiger partial charge on any atom is -0.308 e. The Bertz CT molecular complexity index is 853. The normalized spacial score (nSPS) is 10.4. The fourth-order valence-corrected chi connectivity index (χ4v) is 3.33. The maximum absolute atomic E-state index is 12.0. The number of carbonyl (C=O) groups is 1. The summed E-state index contributed by atoms with van der Waals surface area (Å²) in [5, 5.41) is 15.4. The number of carbonyl (C=O) groups excluding carboxylic acids is 1. The molecule has 0 radical (unpaired) electrons. The van der Waals surface area contributed by atoms with E-state index in [2.05, 4.69) is 36.8 Å². The van der Waals surface area contributed by atoms with Crippen LogP contribution in [-0.2, 0) is 6.42 Å². The van der Waals surface area contributed by atoms with E-state index in [0.717, 1.165) is 15.0 Å². The van der Waals surface area contributed by atoms with Gasteiger partial charge in [-0.25, -0.2) is 4.79 Å². The van der Waals surface area contributed by atoms with Gasteiger partial charge in [0.1, 0.15) is 5.01 Å². The zero-order chi connectivity index (χ0) is 16.9. The standard InChI is InChI=1S/C16H12BrClN4OS/c17-11-3-1-2-10(8-11)9-14-21-22-16(24-14)20-15(23)19-13-6-4-12(18)5-7-13/h1-8H,9H2,(H2,19,20,22,23). The SMILES string of the molecule is O=C(Nc1ccc(Cl)cc1)Nc1nnc(Cc2cccc(Br)c2)s1. The van der Waals surface area contributed by atoms with Gasteiger partial charge in [0.15, 0.2) is 0 Å². The molecule has 0 aliphatic rings. The second-order valence-electron chi connectivity index (χ2n) is 4.89. The molecule has 0 spiro atoms. The van der Waals surface area contributed by atoms with Crippen LogP contribution in [0.15, 0.2) is 53.0 Å². The number of aromatic nitrogens is 2. The van der Waals surface area contributed by atoms with Gasteiger partial charge in [0, 0.05) is 21.6 Å². The predicted octanol–water partition coefficient (Wildman–Crippen LogP) is 5.19. The van der Waals surface area contributed by atoms with Crippen molar-refractivity contribution in [3.05, 3.63) is 68.6 Å². The Labute approximate surface area is 156 Å². The van der Waals surface area contributed by atoms with Crippen molar-refractivity contribution in [2.45, 2.75) is 6.42 Å². The van der Waals surface area contributed by atoms with Crippen molar-refractivity contribution >= 4 is 55.7 Å². The molecule has 1 aromatic heterocycles. The number of nitrogens with zero attached hydrogens (tertiary/aromatic N) is 2. The maximum Gasteiger partial charge on any atom is 0.325 e. The van der Waals surface area contributed by atoms with Crippen LogP contribution < -0.4 is 10.6 Å². The van der Waals surface area contributed by atoms with Crippen LogP contribution in [-0.4, -0.2) is 16.2 Å². The first kappa shape index (κ1) is 16.9. The molecular formula is C16H12BrClN4OS. The van der Waals surface area contributed by atoms with E-state index in [0.29, 0.717) is 22.3 Å². The van der Waals surface area contributed by atoms with Crippen molar-refractivity contribution in [3.63, 3.8) is 0 Å². The second kappa shape index (κ2) is 7.74. The molecule has 2 amide bonds. The summed E-state index contributed by atoms with van der Waals surface area (Å²) in [7, 11) is 0. The predicted molar refractivity (Wildman–Crippen MR) is 101 cm³/mol. The lowest BCUT2D eigenvalue weighted by molar-refractivity contribution is 0.262. The van der Waals surface area contributed by atoms with Gasteiger partial charge in [-0.2, -0.15) is 0 Å². The van der Waals surface area contributed by atoms with Gasteiger partial charge < -0.3 is 5.32 Å². The lowest BCUT2D eigenvalue weighted by Gasteiger charge is -2.04. The highest BCUT2D eigenvalue weighted by Gasteiger charge is 2.09. The number of benzene rings is 2. The Morgan fingerprint density at radius 3 is 2.67 bits per heavy atom. The lowest BCUT2D eigenvalue weighted by atomic mass is 10.2. The van der Waals surface area contributed by atoms with Gasteiger partial charge in [-0.15, -0.1) is 10.2 Å². The van der Waals surface area contributed by atoms with Crippen LogP contribution in [0.5, 0.6) is 0 Å². The molecule has 0 atom stereocenters. The summed E-state index contributed by atoms with van der Waals surface area (Å²) in [6.45, 7) is 0. The van der Waals surface area contributed by atoms with E-state index >= 15 is 0 Å². The second-order valence-corrected chi connectivity index (χ2v) is 7.31. The first-order valence-corrected chi connectivity index (χ1v) is 8.97. The Balaban J connectivity index is 1.59. The maximum atomic E-state index is 12.0. The molecule has 1 heterocycles. The number of nitrogens with one attached hydrogen (secondary N) is 2. The van der Waals surface area contributed by atoms with Gasteiger partial charge in [-0.3, -0.25) is 5.32 Å². The number of hydrogen-bond donors (Lipinski definition) is 2. The molecule has 0 saturated heterocycles. The first-order chi connectivity index (χ1) is 11.6. The summed E-state index contributed by atoms with van der Waals surface area (Å²) in [4.78, 5) is 12.0. The topological polar surface area (TPSA) is 66.9 Å². The smallest absolute Gasteiger partial charge is 0.308 e. The van der Waals surface area contributed by atoms with Crippen LogP contribution in [0.2, 0.25) is 5.02 Å². The quantitative estimate of drug-likeness (QED) is 0.607. The van der Waals surface area contributed by atoms with Gasteiger partial charge >= 0.3 is 6.03 Å². The van der Waals surface area contributed by atoms with Crippen molar-refractivity contribution in [2.24, 2.45) is 0 Å². The van der Waals surface area contributed by atoms with Gasteiger partial charge in [0.2, 0.25) is 5.13 Å². The monoisotopic (exact) mass is 422 g/mol. The molecule has 0 saturated carbocycles. The highest BCUT2D eigenvalue weighted by Crippen LogP contribution is 2.21. The Morgan fingerprint density at radius 1 is 1.12 bits per heavy atom. The molecule has 5 nitrogen and oxygen atoms in total. The third-order valence-electron chi connectivity index (χ3n) is 3.03. The third-order valence-corrected chi connectivity index (χ3v) is 4.62.